The molecule has 4 nitrogen and oxygen atoms in total. The number of nitrogens with zero attached hydrogens (tertiary/aromatic N) is 3. The summed E-state index contributed by atoms with van der Waals surface area (Å²) in [6.45, 7) is 8.51. The van der Waals surface area contributed by atoms with Crippen molar-refractivity contribution in [2.45, 2.75) is 39.4 Å². The molecule has 3 rings (SSSR count). The molecule has 4 heteroatoms. The molecule has 1 aromatic carbocycles. The first kappa shape index (κ1) is 16.2. The molecule has 2 heterocycles. The highest BCUT2D eigenvalue weighted by Gasteiger charge is 2.29. The summed E-state index contributed by atoms with van der Waals surface area (Å²) in [4.78, 5) is 5.00. The molecule has 0 unspecified atom stereocenters. The topological polar surface area (TPSA) is 32.5 Å². The van der Waals surface area contributed by atoms with E-state index in [1.807, 2.05) is 13.0 Å². The molecule has 1 aliphatic heterocycles. The normalized spacial score (nSPS) is 22.6. The number of aryl methyl sites for hydroxylation is 1. The van der Waals surface area contributed by atoms with Crippen molar-refractivity contribution in [3.63, 3.8) is 0 Å². The highest BCUT2D eigenvalue weighted by Crippen LogP contribution is 2.23. The van der Waals surface area contributed by atoms with Crippen molar-refractivity contribution >= 4 is 0 Å². The fraction of sp³-hybridized carbons (Fsp3) is 0.526. The maximum absolute atomic E-state index is 5.19. The minimum absolute atomic E-state index is 0.560. The van der Waals surface area contributed by atoms with Gasteiger partial charge in [0.15, 0.2) is 0 Å². The molecule has 0 spiro atoms. The lowest BCUT2D eigenvalue weighted by Crippen LogP contribution is -2.50. The third kappa shape index (κ3) is 4.21. The van der Waals surface area contributed by atoms with E-state index in [4.69, 9.17) is 4.52 Å². The third-order valence-electron chi connectivity index (χ3n) is 4.91. The van der Waals surface area contributed by atoms with Crippen molar-refractivity contribution in [2.24, 2.45) is 5.92 Å². The third-order valence-corrected chi connectivity index (χ3v) is 4.91. The monoisotopic (exact) mass is 313 g/mol. The van der Waals surface area contributed by atoms with Crippen LogP contribution >= 0.6 is 0 Å². The van der Waals surface area contributed by atoms with Gasteiger partial charge in [0.2, 0.25) is 0 Å². The fourth-order valence-electron chi connectivity index (χ4n) is 3.54. The summed E-state index contributed by atoms with van der Waals surface area (Å²) < 4.78 is 5.19. The van der Waals surface area contributed by atoms with Crippen LogP contribution in [0.2, 0.25) is 0 Å². The molecule has 1 aromatic heterocycles. The van der Waals surface area contributed by atoms with Gasteiger partial charge in [0.05, 0.1) is 5.69 Å². The first-order valence-corrected chi connectivity index (χ1v) is 8.50. The predicted molar refractivity (Wildman–Crippen MR) is 92.0 cm³/mol. The predicted octanol–water partition coefficient (Wildman–Crippen LogP) is 3.33. The molecule has 0 bridgehead atoms. The SMILES string of the molecule is Cc1cc(CN(C)[C@H]2CN(Cc3ccccc3)CC[C@H]2C)no1. The highest BCUT2D eigenvalue weighted by atomic mass is 16.5. The Morgan fingerprint density at radius 3 is 2.78 bits per heavy atom. The minimum Gasteiger partial charge on any atom is -0.361 e. The van der Waals surface area contributed by atoms with Crippen molar-refractivity contribution in [3.05, 3.63) is 53.4 Å². The van der Waals surface area contributed by atoms with Crippen molar-refractivity contribution in [2.75, 3.05) is 20.1 Å². The van der Waals surface area contributed by atoms with Gasteiger partial charge in [-0.2, -0.15) is 0 Å². The van der Waals surface area contributed by atoms with Crippen LogP contribution in [0, 0.1) is 12.8 Å². The number of hydrogen-bond acceptors (Lipinski definition) is 4. The Morgan fingerprint density at radius 1 is 1.30 bits per heavy atom. The van der Waals surface area contributed by atoms with Gasteiger partial charge in [-0.25, -0.2) is 0 Å². The van der Waals surface area contributed by atoms with Crippen LogP contribution in [0.5, 0.6) is 0 Å². The van der Waals surface area contributed by atoms with Gasteiger partial charge in [0, 0.05) is 31.7 Å². The van der Waals surface area contributed by atoms with Crippen LogP contribution in [-0.2, 0) is 13.1 Å². The summed E-state index contributed by atoms with van der Waals surface area (Å²) in [5.41, 5.74) is 2.42. The Hall–Kier alpha value is -1.65. The zero-order valence-corrected chi connectivity index (χ0v) is 14.4. The molecule has 23 heavy (non-hydrogen) atoms. The number of piperidine rings is 1. The molecule has 1 fully saturated rings. The number of likely N-dealkylation sites (N-methyl/N-ethyl adjacent to an activating group) is 1. The Morgan fingerprint density at radius 2 is 2.09 bits per heavy atom. The van der Waals surface area contributed by atoms with E-state index in [2.05, 4.69) is 59.3 Å². The van der Waals surface area contributed by atoms with Crippen molar-refractivity contribution < 1.29 is 4.52 Å². The average Bonchev–Trinajstić information content (AvgIpc) is 2.95. The molecule has 2 atom stereocenters. The van der Waals surface area contributed by atoms with E-state index in [-0.39, 0.29) is 0 Å². The molecule has 1 aliphatic rings. The van der Waals surface area contributed by atoms with Crippen LogP contribution in [0.4, 0.5) is 0 Å². The lowest BCUT2D eigenvalue weighted by molar-refractivity contribution is 0.0658. The van der Waals surface area contributed by atoms with Crippen LogP contribution in [0.3, 0.4) is 0 Å². The standard InChI is InChI=1S/C19H27N3O/c1-15-9-10-22(12-17-7-5-4-6-8-17)14-19(15)21(3)13-18-11-16(2)23-20-18/h4-8,11,15,19H,9-10,12-14H2,1-3H3/t15-,19+/m1/s1. The van der Waals surface area contributed by atoms with Gasteiger partial charge in [-0.05, 0) is 38.4 Å². The molecule has 0 aliphatic carbocycles. The average molecular weight is 313 g/mol. The summed E-state index contributed by atoms with van der Waals surface area (Å²) in [5.74, 6) is 1.59. The van der Waals surface area contributed by atoms with Crippen molar-refractivity contribution in [1.29, 1.82) is 0 Å². The van der Waals surface area contributed by atoms with Crippen LogP contribution < -0.4 is 0 Å². The minimum atomic E-state index is 0.560. The number of benzene rings is 1. The van der Waals surface area contributed by atoms with Crippen molar-refractivity contribution in [3.8, 4) is 0 Å². The molecule has 0 amide bonds. The Labute approximate surface area is 139 Å². The first-order valence-electron chi connectivity index (χ1n) is 8.50. The largest absolute Gasteiger partial charge is 0.361 e. The van der Waals surface area contributed by atoms with Gasteiger partial charge in [-0.1, -0.05) is 42.4 Å². The number of likely N-dealkylation sites (tertiary alicyclic amines) is 1. The maximum atomic E-state index is 5.19. The van der Waals surface area contributed by atoms with Gasteiger partial charge >= 0.3 is 0 Å². The molecule has 1 saturated heterocycles. The molecule has 0 N–H and O–H groups in total. The number of aromatic nitrogens is 1. The summed E-state index contributed by atoms with van der Waals surface area (Å²) in [5, 5.41) is 4.13. The van der Waals surface area contributed by atoms with Gasteiger partial charge in [-0.15, -0.1) is 0 Å². The van der Waals surface area contributed by atoms with Crippen LogP contribution in [0.25, 0.3) is 0 Å². The summed E-state index contributed by atoms with van der Waals surface area (Å²) >= 11 is 0. The van der Waals surface area contributed by atoms with Gasteiger partial charge < -0.3 is 4.52 Å². The number of rotatable bonds is 5. The maximum Gasteiger partial charge on any atom is 0.133 e. The van der Waals surface area contributed by atoms with Crippen LogP contribution in [0.15, 0.2) is 40.9 Å². The first-order chi connectivity index (χ1) is 11.1. The van der Waals surface area contributed by atoms with Gasteiger partial charge in [0.25, 0.3) is 0 Å². The molecule has 0 saturated carbocycles. The van der Waals surface area contributed by atoms with E-state index in [0.717, 1.165) is 31.1 Å². The molecular weight excluding hydrogens is 286 g/mol. The van der Waals surface area contributed by atoms with Crippen molar-refractivity contribution in [1.82, 2.24) is 15.0 Å². The molecule has 124 valence electrons. The molecule has 2 aromatic rings. The van der Waals surface area contributed by atoms with E-state index in [0.29, 0.717) is 12.0 Å². The summed E-state index contributed by atoms with van der Waals surface area (Å²) in [7, 11) is 2.21. The Bertz CT molecular complexity index is 610. The highest BCUT2D eigenvalue weighted by molar-refractivity contribution is 5.14. The second-order valence-corrected chi connectivity index (χ2v) is 6.90. The quantitative estimate of drug-likeness (QED) is 0.847. The Kier molecular flexibility index (Phi) is 5.13. The van der Waals surface area contributed by atoms with E-state index in [1.54, 1.807) is 0 Å². The van der Waals surface area contributed by atoms with Gasteiger partial charge in [-0.3, -0.25) is 9.80 Å². The van der Waals surface area contributed by atoms with E-state index in [1.165, 1.54) is 18.5 Å². The lowest BCUT2D eigenvalue weighted by atomic mass is 9.92. The summed E-state index contributed by atoms with van der Waals surface area (Å²) in [6.07, 6.45) is 1.25. The zero-order chi connectivity index (χ0) is 16.2. The fourth-order valence-corrected chi connectivity index (χ4v) is 3.54. The van der Waals surface area contributed by atoms with E-state index < -0.39 is 0 Å². The number of hydrogen-bond donors (Lipinski definition) is 0. The smallest absolute Gasteiger partial charge is 0.133 e. The zero-order valence-electron chi connectivity index (χ0n) is 14.4. The Balaban J connectivity index is 1.61. The van der Waals surface area contributed by atoms with E-state index >= 15 is 0 Å². The second-order valence-electron chi connectivity index (χ2n) is 6.90. The van der Waals surface area contributed by atoms with Crippen LogP contribution in [0.1, 0.15) is 30.4 Å². The van der Waals surface area contributed by atoms with Gasteiger partial charge in [0.1, 0.15) is 5.76 Å². The lowest BCUT2D eigenvalue weighted by Gasteiger charge is -2.41. The second kappa shape index (κ2) is 7.28. The van der Waals surface area contributed by atoms with E-state index in [9.17, 15) is 0 Å². The molecule has 0 radical (unpaired) electrons. The summed E-state index contributed by atoms with van der Waals surface area (Å²) in [6, 6.07) is 13.4. The van der Waals surface area contributed by atoms with Crippen LogP contribution in [-0.4, -0.2) is 41.1 Å². The molecular formula is C19H27N3O.